The first-order valence-electron chi connectivity index (χ1n) is 9.93. The summed E-state index contributed by atoms with van der Waals surface area (Å²) in [4.78, 5) is 26.3. The molecule has 30 heavy (non-hydrogen) atoms. The summed E-state index contributed by atoms with van der Waals surface area (Å²) < 4.78 is 13.1. The molecule has 0 heterocycles. The van der Waals surface area contributed by atoms with Gasteiger partial charge in [-0.1, -0.05) is 58.7 Å². The Balaban J connectivity index is 2.10. The minimum atomic E-state index is -2.75. The lowest BCUT2D eigenvalue weighted by Crippen LogP contribution is -2.09. The fraction of sp³-hybridized carbons (Fsp3) is 0.231. The molecule has 0 bridgehead atoms. The summed E-state index contributed by atoms with van der Waals surface area (Å²) in [5, 5.41) is 0. The largest absolute Gasteiger partial charge is 0.501 e. The lowest BCUT2D eigenvalue weighted by Gasteiger charge is -2.14. The van der Waals surface area contributed by atoms with E-state index in [0.717, 1.165) is 44.5 Å². The van der Waals surface area contributed by atoms with Gasteiger partial charge in [-0.25, -0.2) is 9.59 Å². The van der Waals surface area contributed by atoms with Gasteiger partial charge in [0.15, 0.2) is 0 Å². The highest BCUT2D eigenvalue weighted by Gasteiger charge is 2.43. The lowest BCUT2D eigenvalue weighted by atomic mass is 9.90. The predicted octanol–water partition coefficient (Wildman–Crippen LogP) is 7.01. The summed E-state index contributed by atoms with van der Waals surface area (Å²) >= 11 is 0. The average molecular weight is 417 g/mol. The Labute approximate surface area is 178 Å². The third-order valence-corrected chi connectivity index (χ3v) is 6.69. The number of aryl methyl sites for hydroxylation is 5. The van der Waals surface area contributed by atoms with Crippen molar-refractivity contribution in [3.8, 4) is 11.1 Å². The summed E-state index contributed by atoms with van der Waals surface area (Å²) in [6.45, 7) is 11.3. The van der Waals surface area contributed by atoms with Gasteiger partial charge in [-0.05, 0) is 80.5 Å². The van der Waals surface area contributed by atoms with Gasteiger partial charge in [0.05, 0.1) is 11.1 Å². The van der Waals surface area contributed by atoms with Crippen molar-refractivity contribution in [1.82, 2.24) is 0 Å². The minimum Gasteiger partial charge on any atom is -0.234 e. The smallest absolute Gasteiger partial charge is 0.234 e. The van der Waals surface area contributed by atoms with Crippen molar-refractivity contribution in [3.63, 3.8) is 0 Å². The molecule has 0 aromatic heterocycles. The Kier molecular flexibility index (Phi) is 6.14. The number of carbonyl (C=O) groups excluding carboxylic acids is 2. The average Bonchev–Trinajstić information content (AvgIpc) is 2.66. The minimum absolute atomic E-state index is 0.385. The normalized spacial score (nSPS) is 11.3. The summed E-state index contributed by atoms with van der Waals surface area (Å²) in [7, 11) is -2.75. The second-order valence-corrected chi connectivity index (χ2v) is 9.33. The molecular weight excluding hydrogens is 391 g/mol. The zero-order chi connectivity index (χ0) is 22.2. The van der Waals surface area contributed by atoms with Crippen LogP contribution in [0.2, 0.25) is 0 Å². The van der Waals surface area contributed by atoms with Crippen molar-refractivity contribution >= 4 is 18.8 Å². The molecule has 3 aromatic carbocycles. The van der Waals surface area contributed by atoms with Crippen LogP contribution in [0.4, 0.5) is 0 Å². The monoisotopic (exact) mass is 417 g/mol. The molecule has 3 aromatic rings. The molecule has 0 aliphatic carbocycles. The van der Waals surface area contributed by atoms with E-state index in [1.165, 1.54) is 0 Å². The van der Waals surface area contributed by atoms with Crippen LogP contribution in [0, 0.1) is 41.5 Å². The van der Waals surface area contributed by atoms with Gasteiger partial charge in [-0.2, -0.15) is 0 Å². The van der Waals surface area contributed by atoms with E-state index in [1.807, 2.05) is 90.1 Å². The highest BCUT2D eigenvalue weighted by molar-refractivity contribution is 7.80. The van der Waals surface area contributed by atoms with E-state index in [9.17, 15) is 14.2 Å². The molecule has 0 radical (unpaired) electrons. The molecule has 1 unspecified atom stereocenters. The fourth-order valence-corrected chi connectivity index (χ4v) is 5.66. The fourth-order valence-electron chi connectivity index (χ4n) is 4.38. The molecule has 1 atom stereocenters. The van der Waals surface area contributed by atoms with Gasteiger partial charge in [0.2, 0.25) is 0 Å². The molecule has 0 aliphatic heterocycles. The van der Waals surface area contributed by atoms with Crippen molar-refractivity contribution in [3.05, 3.63) is 93.0 Å². The first kappa shape index (κ1) is 21.8. The van der Waals surface area contributed by atoms with Crippen LogP contribution in [0.15, 0.2) is 48.5 Å². The number of rotatable bonds is 5. The standard InChI is InChI=1S/C26H26O3P/c1-15-12-16(2)22(17(3)13-15)25(27)30(29)26(28)24-19(5)14-18(4)23(20(24)6)21-10-8-7-9-11-21/h7-14H,1-6H3/q+1. The maximum atomic E-state index is 13.3. The molecule has 0 saturated heterocycles. The van der Waals surface area contributed by atoms with Gasteiger partial charge in [0, 0.05) is 0 Å². The zero-order valence-electron chi connectivity index (χ0n) is 18.3. The molecule has 0 saturated carbocycles. The molecule has 4 heteroatoms. The maximum Gasteiger partial charge on any atom is 0.501 e. The SMILES string of the molecule is Cc1cc(C)c(C(=O)[P+](=O)C(=O)c2c(C)cc(C)c(-c3ccccc3)c2C)c(C)c1. The van der Waals surface area contributed by atoms with E-state index in [2.05, 4.69) is 0 Å². The van der Waals surface area contributed by atoms with E-state index in [4.69, 9.17) is 0 Å². The number of benzene rings is 3. The van der Waals surface area contributed by atoms with Gasteiger partial charge >= 0.3 is 18.8 Å². The van der Waals surface area contributed by atoms with Crippen molar-refractivity contribution in [2.75, 3.05) is 0 Å². The van der Waals surface area contributed by atoms with Gasteiger partial charge in [0.25, 0.3) is 0 Å². The molecule has 0 fully saturated rings. The molecule has 3 rings (SSSR count). The Bertz CT molecular complexity index is 1170. The van der Waals surface area contributed by atoms with Gasteiger partial charge in [0.1, 0.15) is 0 Å². The highest BCUT2D eigenvalue weighted by Crippen LogP contribution is 2.39. The Morgan fingerprint density at radius 3 is 1.73 bits per heavy atom. The number of carbonyl (C=O) groups is 2. The summed E-state index contributed by atoms with van der Waals surface area (Å²) in [6.07, 6.45) is 0. The highest BCUT2D eigenvalue weighted by atomic mass is 31.1. The number of hydrogen-bond donors (Lipinski definition) is 0. The first-order valence-corrected chi connectivity index (χ1v) is 11.2. The Morgan fingerprint density at radius 1 is 0.667 bits per heavy atom. The Morgan fingerprint density at radius 2 is 1.17 bits per heavy atom. The van der Waals surface area contributed by atoms with E-state index in [-0.39, 0.29) is 0 Å². The van der Waals surface area contributed by atoms with Crippen LogP contribution >= 0.6 is 7.80 Å². The van der Waals surface area contributed by atoms with E-state index >= 15 is 0 Å². The second-order valence-electron chi connectivity index (χ2n) is 7.93. The van der Waals surface area contributed by atoms with Crippen LogP contribution in [0.3, 0.4) is 0 Å². The van der Waals surface area contributed by atoms with Crippen LogP contribution in [0.1, 0.15) is 54.1 Å². The van der Waals surface area contributed by atoms with Crippen LogP contribution in [0.5, 0.6) is 0 Å². The van der Waals surface area contributed by atoms with E-state index < -0.39 is 18.8 Å². The van der Waals surface area contributed by atoms with Gasteiger partial charge in [-0.15, -0.1) is 0 Å². The molecular formula is C26H26O3P+. The molecule has 0 aliphatic rings. The predicted molar refractivity (Wildman–Crippen MR) is 123 cm³/mol. The quantitative estimate of drug-likeness (QED) is 0.420. The zero-order valence-corrected chi connectivity index (χ0v) is 19.2. The summed E-state index contributed by atoms with van der Waals surface area (Å²) in [5.41, 5.74) is 6.59. The van der Waals surface area contributed by atoms with Gasteiger partial charge in [-0.3, -0.25) is 0 Å². The van der Waals surface area contributed by atoms with Crippen molar-refractivity contribution in [2.45, 2.75) is 41.5 Å². The second kappa shape index (κ2) is 8.45. The summed E-state index contributed by atoms with van der Waals surface area (Å²) in [6, 6.07) is 15.5. The van der Waals surface area contributed by atoms with Crippen molar-refractivity contribution < 1.29 is 14.2 Å². The number of hydrogen-bond acceptors (Lipinski definition) is 3. The molecule has 0 spiro atoms. The maximum absolute atomic E-state index is 13.3. The first-order chi connectivity index (χ1) is 14.1. The third-order valence-electron chi connectivity index (χ3n) is 5.51. The van der Waals surface area contributed by atoms with Crippen LogP contribution in [0.25, 0.3) is 11.1 Å². The van der Waals surface area contributed by atoms with E-state index in [0.29, 0.717) is 11.1 Å². The van der Waals surface area contributed by atoms with E-state index in [1.54, 1.807) is 0 Å². The summed E-state index contributed by atoms with van der Waals surface area (Å²) in [5.74, 6) is 0. The van der Waals surface area contributed by atoms with Crippen molar-refractivity contribution in [2.24, 2.45) is 0 Å². The van der Waals surface area contributed by atoms with Gasteiger partial charge < -0.3 is 0 Å². The van der Waals surface area contributed by atoms with Crippen LogP contribution in [-0.2, 0) is 4.57 Å². The molecule has 152 valence electrons. The topological polar surface area (TPSA) is 51.2 Å². The Hall–Kier alpha value is -2.90. The molecule has 0 amide bonds. The van der Waals surface area contributed by atoms with Crippen LogP contribution in [-0.4, -0.2) is 11.0 Å². The molecule has 0 N–H and O–H groups in total. The third kappa shape index (κ3) is 3.91. The van der Waals surface area contributed by atoms with Crippen LogP contribution < -0.4 is 0 Å². The lowest BCUT2D eigenvalue weighted by molar-refractivity contribution is 0.104. The molecule has 3 nitrogen and oxygen atoms in total. The van der Waals surface area contributed by atoms with Crippen molar-refractivity contribution in [1.29, 1.82) is 0 Å².